The largest absolute Gasteiger partial charge is 0.324 e. The summed E-state index contributed by atoms with van der Waals surface area (Å²) >= 11 is 8.85. The van der Waals surface area contributed by atoms with Gasteiger partial charge in [-0.1, -0.05) is 47.6 Å². The number of thioether (sulfide) groups is 1. The maximum Gasteiger partial charge on any atom is 0.272 e. The average molecular weight is 484 g/mol. The standard InChI is InChI=1S/C24H22ClN3O2S2/c1-14-4-7-19(18(25)10-14)26-21(29)13-32-24-27-20-8-9-31-22(20)23(30)28(24)12-17-6-5-15(2)16(3)11-17/h4-11H,12-13H2,1-3H3,(H,26,29). The van der Waals surface area contributed by atoms with Gasteiger partial charge in [0, 0.05) is 0 Å². The minimum atomic E-state index is -0.210. The van der Waals surface area contributed by atoms with Crippen LogP contribution in [0.4, 0.5) is 5.69 Å². The van der Waals surface area contributed by atoms with Gasteiger partial charge in [-0.15, -0.1) is 11.3 Å². The maximum atomic E-state index is 13.2. The fourth-order valence-electron chi connectivity index (χ4n) is 3.30. The van der Waals surface area contributed by atoms with Crippen molar-refractivity contribution in [2.45, 2.75) is 32.5 Å². The van der Waals surface area contributed by atoms with E-state index in [0.717, 1.165) is 11.1 Å². The average Bonchev–Trinajstić information content (AvgIpc) is 3.22. The predicted octanol–water partition coefficient (Wildman–Crippen LogP) is 5.82. The summed E-state index contributed by atoms with van der Waals surface area (Å²) in [5.41, 5.74) is 5.54. The van der Waals surface area contributed by atoms with Gasteiger partial charge in [-0.3, -0.25) is 14.2 Å². The molecule has 0 aliphatic heterocycles. The Morgan fingerprint density at radius 3 is 2.69 bits per heavy atom. The van der Waals surface area contributed by atoms with Crippen LogP contribution in [0.15, 0.2) is 57.8 Å². The molecule has 0 radical (unpaired) electrons. The summed E-state index contributed by atoms with van der Waals surface area (Å²) in [6.07, 6.45) is 0. The zero-order valence-corrected chi connectivity index (χ0v) is 20.3. The Morgan fingerprint density at radius 2 is 1.94 bits per heavy atom. The molecule has 4 aromatic rings. The third kappa shape index (κ3) is 4.90. The van der Waals surface area contributed by atoms with Crippen LogP contribution >= 0.6 is 34.7 Å². The van der Waals surface area contributed by atoms with Crippen molar-refractivity contribution in [2.24, 2.45) is 0 Å². The fraction of sp³-hybridized carbons (Fsp3) is 0.208. The van der Waals surface area contributed by atoms with Crippen LogP contribution in [0, 0.1) is 20.8 Å². The van der Waals surface area contributed by atoms with Gasteiger partial charge in [0.05, 0.1) is 28.5 Å². The number of aromatic nitrogens is 2. The Labute approximate surface area is 199 Å². The number of rotatable bonds is 6. The number of nitrogens with one attached hydrogen (secondary N) is 1. The second-order valence-corrected chi connectivity index (χ2v) is 9.93. The number of carbonyl (C=O) groups excluding carboxylic acids is 1. The van der Waals surface area contributed by atoms with Gasteiger partial charge in [0.1, 0.15) is 4.70 Å². The summed E-state index contributed by atoms with van der Waals surface area (Å²) in [5.74, 6) is -0.0997. The molecule has 0 bridgehead atoms. The number of amides is 1. The van der Waals surface area contributed by atoms with Crippen molar-refractivity contribution < 1.29 is 4.79 Å². The first-order valence-corrected chi connectivity index (χ1v) is 12.3. The van der Waals surface area contributed by atoms with Crippen LogP contribution in [-0.2, 0) is 11.3 Å². The van der Waals surface area contributed by atoms with E-state index in [2.05, 4.69) is 36.3 Å². The Balaban J connectivity index is 1.59. The van der Waals surface area contributed by atoms with Crippen molar-refractivity contribution in [2.75, 3.05) is 11.1 Å². The molecule has 0 unspecified atom stereocenters. The molecule has 2 aromatic carbocycles. The molecule has 1 amide bonds. The lowest BCUT2D eigenvalue weighted by Gasteiger charge is -2.13. The molecule has 164 valence electrons. The highest BCUT2D eigenvalue weighted by molar-refractivity contribution is 7.99. The number of benzene rings is 2. The zero-order valence-electron chi connectivity index (χ0n) is 17.9. The molecule has 0 spiro atoms. The smallest absolute Gasteiger partial charge is 0.272 e. The van der Waals surface area contributed by atoms with Gasteiger partial charge in [0.2, 0.25) is 5.91 Å². The number of thiophene rings is 1. The van der Waals surface area contributed by atoms with Crippen LogP contribution in [0.25, 0.3) is 10.2 Å². The van der Waals surface area contributed by atoms with Gasteiger partial charge in [-0.05, 0) is 66.6 Å². The highest BCUT2D eigenvalue weighted by Gasteiger charge is 2.15. The van der Waals surface area contributed by atoms with E-state index >= 15 is 0 Å². The molecule has 32 heavy (non-hydrogen) atoms. The first kappa shape index (κ1) is 22.6. The van der Waals surface area contributed by atoms with E-state index < -0.39 is 0 Å². The van der Waals surface area contributed by atoms with E-state index in [1.165, 1.54) is 34.2 Å². The lowest BCUT2D eigenvalue weighted by atomic mass is 10.1. The summed E-state index contributed by atoms with van der Waals surface area (Å²) in [5, 5.41) is 5.70. The summed E-state index contributed by atoms with van der Waals surface area (Å²) in [6, 6.07) is 13.5. The monoisotopic (exact) mass is 483 g/mol. The van der Waals surface area contributed by atoms with Gasteiger partial charge >= 0.3 is 0 Å². The van der Waals surface area contributed by atoms with Crippen molar-refractivity contribution in [3.05, 3.63) is 85.5 Å². The zero-order chi connectivity index (χ0) is 22.8. The predicted molar refractivity (Wildman–Crippen MR) is 134 cm³/mol. The molecule has 0 aliphatic rings. The van der Waals surface area contributed by atoms with E-state index in [9.17, 15) is 9.59 Å². The lowest BCUT2D eigenvalue weighted by Crippen LogP contribution is -2.24. The van der Waals surface area contributed by atoms with Crippen LogP contribution in [0.3, 0.4) is 0 Å². The molecule has 0 atom stereocenters. The highest BCUT2D eigenvalue weighted by atomic mass is 35.5. The quantitative estimate of drug-likeness (QED) is 0.277. The minimum Gasteiger partial charge on any atom is -0.324 e. The van der Waals surface area contributed by atoms with E-state index in [1.807, 2.05) is 30.5 Å². The Kier molecular flexibility index (Phi) is 6.69. The number of aryl methyl sites for hydroxylation is 3. The number of hydrogen-bond donors (Lipinski definition) is 1. The van der Waals surface area contributed by atoms with E-state index in [1.54, 1.807) is 16.7 Å². The second kappa shape index (κ2) is 9.48. The molecule has 0 saturated carbocycles. The molecular weight excluding hydrogens is 462 g/mol. The van der Waals surface area contributed by atoms with Gasteiger partial charge in [-0.25, -0.2) is 4.98 Å². The molecule has 0 fully saturated rings. The van der Waals surface area contributed by atoms with Gasteiger partial charge in [0.15, 0.2) is 5.16 Å². The second-order valence-electron chi connectivity index (χ2n) is 7.66. The topological polar surface area (TPSA) is 64.0 Å². The van der Waals surface area contributed by atoms with Crippen LogP contribution in [0.2, 0.25) is 5.02 Å². The summed E-state index contributed by atoms with van der Waals surface area (Å²) in [4.78, 5) is 30.4. The lowest BCUT2D eigenvalue weighted by molar-refractivity contribution is -0.113. The first-order chi connectivity index (χ1) is 15.3. The maximum absolute atomic E-state index is 13.2. The van der Waals surface area contributed by atoms with Gasteiger partial charge in [0.25, 0.3) is 5.56 Å². The molecular formula is C24H22ClN3O2S2. The molecule has 0 aliphatic carbocycles. The molecule has 2 heterocycles. The van der Waals surface area contributed by atoms with Crippen molar-refractivity contribution >= 4 is 56.5 Å². The number of halogens is 1. The summed E-state index contributed by atoms with van der Waals surface area (Å²) in [6.45, 7) is 6.45. The summed E-state index contributed by atoms with van der Waals surface area (Å²) < 4.78 is 2.27. The van der Waals surface area contributed by atoms with Gasteiger partial charge in [-0.2, -0.15) is 0 Å². The molecule has 1 N–H and O–H groups in total. The Bertz CT molecular complexity index is 1380. The van der Waals surface area contributed by atoms with E-state index in [4.69, 9.17) is 11.6 Å². The molecule has 4 rings (SSSR count). The van der Waals surface area contributed by atoms with Gasteiger partial charge < -0.3 is 5.32 Å². The molecule has 0 saturated heterocycles. The van der Waals surface area contributed by atoms with Crippen LogP contribution in [0.1, 0.15) is 22.3 Å². The van der Waals surface area contributed by atoms with Crippen molar-refractivity contribution in [1.82, 2.24) is 9.55 Å². The molecule has 2 aromatic heterocycles. The van der Waals surface area contributed by atoms with Crippen LogP contribution in [0.5, 0.6) is 0 Å². The number of hydrogen-bond acceptors (Lipinski definition) is 5. The number of nitrogens with zero attached hydrogens (tertiary/aromatic N) is 2. The Morgan fingerprint density at radius 1 is 1.12 bits per heavy atom. The third-order valence-corrected chi connectivity index (χ3v) is 7.35. The molecule has 8 heteroatoms. The van der Waals surface area contributed by atoms with Crippen LogP contribution in [-0.4, -0.2) is 21.2 Å². The molecule has 5 nitrogen and oxygen atoms in total. The van der Waals surface area contributed by atoms with Crippen molar-refractivity contribution in [3.8, 4) is 0 Å². The van der Waals surface area contributed by atoms with E-state index in [-0.39, 0.29) is 17.2 Å². The number of anilines is 1. The highest BCUT2D eigenvalue weighted by Crippen LogP contribution is 2.25. The number of carbonyl (C=O) groups is 1. The summed E-state index contributed by atoms with van der Waals surface area (Å²) in [7, 11) is 0. The Hall–Kier alpha value is -2.61. The minimum absolute atomic E-state index is 0.0901. The first-order valence-electron chi connectivity index (χ1n) is 10.0. The van der Waals surface area contributed by atoms with Crippen LogP contribution < -0.4 is 10.9 Å². The van der Waals surface area contributed by atoms with Crippen molar-refractivity contribution in [1.29, 1.82) is 0 Å². The van der Waals surface area contributed by atoms with E-state index in [0.29, 0.717) is 32.6 Å². The fourth-order valence-corrected chi connectivity index (χ4v) is 5.15. The normalized spacial score (nSPS) is 11.1. The van der Waals surface area contributed by atoms with Crippen molar-refractivity contribution in [3.63, 3.8) is 0 Å². The SMILES string of the molecule is Cc1ccc(NC(=O)CSc2nc3ccsc3c(=O)n2Cc2ccc(C)c(C)c2)c(Cl)c1. The third-order valence-electron chi connectivity index (χ3n) is 5.17. The number of fused-ring (bicyclic) bond motifs is 1.